The van der Waals surface area contributed by atoms with Gasteiger partial charge in [-0.05, 0) is 4.92 Å². The van der Waals surface area contributed by atoms with E-state index in [0.29, 0.717) is 5.82 Å². The highest BCUT2D eigenvalue weighted by Gasteiger charge is 2.19. The second-order valence-corrected chi connectivity index (χ2v) is 4.42. The number of rotatable bonds is 4. The van der Waals surface area contributed by atoms with Gasteiger partial charge in [0.15, 0.2) is 11.6 Å². The lowest BCUT2D eigenvalue weighted by molar-refractivity contribution is -0.391. The van der Waals surface area contributed by atoms with Gasteiger partial charge in [-0.2, -0.15) is 0 Å². The predicted octanol–water partition coefficient (Wildman–Crippen LogP) is 0.234. The molecule has 0 spiro atoms. The van der Waals surface area contributed by atoms with Crippen LogP contribution in [0.15, 0.2) is 18.6 Å². The van der Waals surface area contributed by atoms with Crippen molar-refractivity contribution in [3.05, 3.63) is 46.2 Å². The van der Waals surface area contributed by atoms with Gasteiger partial charge in [-0.3, -0.25) is 0 Å². The molecule has 0 amide bonds. The minimum atomic E-state index is -0.614. The smallest absolute Gasteiger partial charge is 0.342 e. The molecule has 2 aromatic rings. The fourth-order valence-electron chi connectivity index (χ4n) is 1.52. The van der Waals surface area contributed by atoms with E-state index < -0.39 is 10.7 Å². The lowest BCUT2D eigenvalue weighted by atomic mass is 10.2. The van der Waals surface area contributed by atoms with Gasteiger partial charge in [0.05, 0.1) is 42.0 Å². The molecule has 2 rings (SSSR count). The SMILES string of the molecule is Cn1c([N+](=O)[O-])cnc1CC(=S=O)c1ncc(F)cn1. The summed E-state index contributed by atoms with van der Waals surface area (Å²) in [4.78, 5) is 21.6. The summed E-state index contributed by atoms with van der Waals surface area (Å²) >= 11 is 0.146. The summed E-state index contributed by atoms with van der Waals surface area (Å²) in [6.07, 6.45) is 3.02. The lowest BCUT2D eigenvalue weighted by Crippen LogP contribution is -2.13. The third-order valence-corrected chi connectivity index (χ3v) is 3.06. The summed E-state index contributed by atoms with van der Waals surface area (Å²) in [6, 6.07) is 0. The third kappa shape index (κ3) is 2.74. The van der Waals surface area contributed by atoms with E-state index in [4.69, 9.17) is 0 Å². The Balaban J connectivity index is 2.30. The molecule has 8 nitrogen and oxygen atoms in total. The van der Waals surface area contributed by atoms with Crippen molar-refractivity contribution in [1.29, 1.82) is 0 Å². The van der Waals surface area contributed by atoms with Gasteiger partial charge in [-0.25, -0.2) is 28.1 Å². The molecule has 0 bridgehead atoms. The van der Waals surface area contributed by atoms with Crippen LogP contribution in [0.3, 0.4) is 0 Å². The van der Waals surface area contributed by atoms with Gasteiger partial charge in [0, 0.05) is 0 Å². The average Bonchev–Trinajstić information content (AvgIpc) is 2.78. The number of nitrogens with zero attached hydrogens (tertiary/aromatic N) is 5. The summed E-state index contributed by atoms with van der Waals surface area (Å²) in [7, 11) is 1.47. The topological polar surface area (TPSA) is 104 Å². The van der Waals surface area contributed by atoms with Crippen molar-refractivity contribution in [3.63, 3.8) is 0 Å². The van der Waals surface area contributed by atoms with Gasteiger partial charge in [0.2, 0.25) is 5.82 Å². The van der Waals surface area contributed by atoms with Crippen LogP contribution in [0.25, 0.3) is 0 Å². The fourth-order valence-corrected chi connectivity index (χ4v) is 1.89. The maximum absolute atomic E-state index is 12.7. The van der Waals surface area contributed by atoms with E-state index in [1.807, 2.05) is 0 Å². The van der Waals surface area contributed by atoms with E-state index in [1.54, 1.807) is 0 Å². The van der Waals surface area contributed by atoms with Crippen molar-refractivity contribution in [3.8, 4) is 0 Å². The van der Waals surface area contributed by atoms with Crippen LogP contribution in [-0.4, -0.2) is 33.5 Å². The molecule has 104 valence electrons. The normalized spacial score (nSPS) is 10.3. The molecule has 0 radical (unpaired) electrons. The van der Waals surface area contributed by atoms with Crippen LogP contribution in [0, 0.1) is 15.9 Å². The van der Waals surface area contributed by atoms with Gasteiger partial charge >= 0.3 is 5.82 Å². The van der Waals surface area contributed by atoms with E-state index in [9.17, 15) is 18.7 Å². The van der Waals surface area contributed by atoms with Crippen molar-refractivity contribution in [1.82, 2.24) is 19.5 Å². The molecule has 0 aromatic carbocycles. The lowest BCUT2D eigenvalue weighted by Gasteiger charge is -2.00. The largest absolute Gasteiger partial charge is 0.358 e. The van der Waals surface area contributed by atoms with Gasteiger partial charge in [-0.15, -0.1) is 0 Å². The highest BCUT2D eigenvalue weighted by Crippen LogP contribution is 2.13. The van der Waals surface area contributed by atoms with E-state index in [2.05, 4.69) is 15.0 Å². The predicted molar refractivity (Wildman–Crippen MR) is 67.8 cm³/mol. The minimum absolute atomic E-state index is 0.0319. The van der Waals surface area contributed by atoms with Crippen LogP contribution in [-0.2, 0) is 24.7 Å². The number of nitro groups is 1. The van der Waals surface area contributed by atoms with Crippen molar-refractivity contribution in [2.24, 2.45) is 7.05 Å². The Hall–Kier alpha value is -2.49. The Morgan fingerprint density at radius 1 is 1.40 bits per heavy atom. The highest BCUT2D eigenvalue weighted by atomic mass is 32.1. The van der Waals surface area contributed by atoms with Crippen LogP contribution in [0.5, 0.6) is 0 Å². The molecule has 0 atom stereocenters. The minimum Gasteiger partial charge on any atom is -0.358 e. The van der Waals surface area contributed by atoms with E-state index >= 15 is 0 Å². The molecule has 0 fully saturated rings. The molecule has 0 aliphatic rings. The summed E-state index contributed by atoms with van der Waals surface area (Å²) in [6.45, 7) is 0. The van der Waals surface area contributed by atoms with E-state index in [-0.39, 0.29) is 34.2 Å². The molecule has 0 aliphatic heterocycles. The summed E-state index contributed by atoms with van der Waals surface area (Å²) in [5, 5.41) is 10.7. The number of aromatic nitrogens is 4. The second kappa shape index (κ2) is 5.65. The van der Waals surface area contributed by atoms with Gasteiger partial charge in [-0.1, -0.05) is 0 Å². The first-order valence-electron chi connectivity index (χ1n) is 5.31. The molecule has 20 heavy (non-hydrogen) atoms. The van der Waals surface area contributed by atoms with Crippen molar-refractivity contribution < 1.29 is 13.5 Å². The van der Waals surface area contributed by atoms with Gasteiger partial charge in [0.1, 0.15) is 6.20 Å². The molecular formula is C10H8FN5O3S. The van der Waals surface area contributed by atoms with Crippen LogP contribution < -0.4 is 0 Å². The highest BCUT2D eigenvalue weighted by molar-refractivity contribution is 7.67. The Kier molecular flexibility index (Phi) is 3.94. The quantitative estimate of drug-likeness (QED) is 0.346. The first-order chi connectivity index (χ1) is 9.52. The number of hydrogen-bond donors (Lipinski definition) is 0. The Morgan fingerprint density at radius 2 is 2.05 bits per heavy atom. The summed E-state index contributed by atoms with van der Waals surface area (Å²) in [5.74, 6) is -0.396. The Morgan fingerprint density at radius 3 is 2.55 bits per heavy atom. The van der Waals surface area contributed by atoms with Crippen molar-refractivity contribution in [2.75, 3.05) is 0 Å². The molecule has 0 saturated heterocycles. The van der Waals surface area contributed by atoms with E-state index in [1.165, 1.54) is 11.6 Å². The second-order valence-electron chi connectivity index (χ2n) is 3.76. The zero-order chi connectivity index (χ0) is 14.7. The van der Waals surface area contributed by atoms with Gasteiger partial charge < -0.3 is 10.1 Å². The summed E-state index contributed by atoms with van der Waals surface area (Å²) < 4.78 is 25.1. The molecular weight excluding hydrogens is 289 g/mol. The van der Waals surface area contributed by atoms with Crippen LogP contribution in [0.1, 0.15) is 11.6 Å². The maximum Gasteiger partial charge on any atom is 0.342 e. The van der Waals surface area contributed by atoms with Gasteiger partial charge in [0.25, 0.3) is 0 Å². The Bertz CT molecular complexity index is 708. The van der Waals surface area contributed by atoms with E-state index in [0.717, 1.165) is 18.6 Å². The number of imidazole rings is 1. The third-order valence-electron chi connectivity index (χ3n) is 2.54. The van der Waals surface area contributed by atoms with Crippen molar-refractivity contribution in [2.45, 2.75) is 6.42 Å². The molecule has 0 aliphatic carbocycles. The zero-order valence-electron chi connectivity index (χ0n) is 10.2. The standard InChI is InChI=1S/C10H8FN5O3S/c1-15-8(12-5-9(15)16(17)18)2-7(20-19)10-13-3-6(11)4-14-10/h3-5H,2H2,1H3. The van der Waals surface area contributed by atoms with Crippen LogP contribution in [0.4, 0.5) is 10.2 Å². The zero-order valence-corrected chi connectivity index (χ0v) is 11.0. The first-order valence-corrected chi connectivity index (χ1v) is 6.05. The monoisotopic (exact) mass is 297 g/mol. The molecule has 0 unspecified atom stereocenters. The fraction of sp³-hybridized carbons (Fsp3) is 0.200. The van der Waals surface area contributed by atoms with Crippen LogP contribution in [0.2, 0.25) is 0 Å². The number of hydrogen-bond acceptors (Lipinski definition) is 6. The molecule has 2 heterocycles. The Labute approximate surface area is 115 Å². The molecule has 0 N–H and O–H groups in total. The first kappa shape index (κ1) is 13.9. The van der Waals surface area contributed by atoms with Crippen molar-refractivity contribution >= 4 is 21.9 Å². The molecule has 10 heteroatoms. The summed E-state index contributed by atoms with van der Waals surface area (Å²) in [5.41, 5.74) is 0. The average molecular weight is 297 g/mol. The molecule has 0 saturated carbocycles. The van der Waals surface area contributed by atoms with Crippen LogP contribution >= 0.6 is 0 Å². The molecule has 2 aromatic heterocycles. The maximum atomic E-state index is 12.7. The number of halogens is 1.